The average molecular weight is 590 g/mol. The molecule has 2 unspecified atom stereocenters. The Bertz CT molecular complexity index is 1360. The molecule has 2 aliphatic rings. The predicted molar refractivity (Wildman–Crippen MR) is 136 cm³/mol. The quantitative estimate of drug-likeness (QED) is 0.501. The Labute approximate surface area is 228 Å². The van der Waals surface area contributed by atoms with Crippen LogP contribution in [0, 0.1) is 0 Å². The first-order valence-electron chi connectivity index (χ1n) is 11.2. The van der Waals surface area contributed by atoms with Crippen molar-refractivity contribution in [1.82, 2.24) is 14.1 Å². The lowest BCUT2D eigenvalue weighted by molar-refractivity contribution is -0.185. The number of carbonyl (C=O) groups is 3. The largest absolute Gasteiger partial charge is 0.395 e. The maximum atomic E-state index is 13.9. The summed E-state index contributed by atoms with van der Waals surface area (Å²) in [5, 5.41) is 10.1. The van der Waals surface area contributed by atoms with E-state index in [1.807, 2.05) is 0 Å². The Morgan fingerprint density at radius 1 is 1.08 bits per heavy atom. The molecule has 2 aliphatic heterocycles. The number of fused-ring (bicyclic) bond motifs is 1. The molecular formula is C23H23Cl3N4O6S. The summed E-state index contributed by atoms with van der Waals surface area (Å²) in [4.78, 5) is 41.9. The van der Waals surface area contributed by atoms with Crippen molar-refractivity contribution in [3.8, 4) is 0 Å². The zero-order valence-electron chi connectivity index (χ0n) is 19.3. The summed E-state index contributed by atoms with van der Waals surface area (Å²) in [5.74, 6) is -2.31. The van der Waals surface area contributed by atoms with E-state index < -0.39 is 52.6 Å². The minimum Gasteiger partial charge on any atom is -0.395 e. The molecule has 2 atom stereocenters. The van der Waals surface area contributed by atoms with E-state index >= 15 is 0 Å². The van der Waals surface area contributed by atoms with E-state index in [0.717, 1.165) is 14.1 Å². The number of carbonyl (C=O) groups excluding carboxylic acids is 3. The van der Waals surface area contributed by atoms with Gasteiger partial charge in [0.2, 0.25) is 27.5 Å². The molecular weight excluding hydrogens is 567 g/mol. The van der Waals surface area contributed by atoms with Crippen molar-refractivity contribution in [3.63, 3.8) is 0 Å². The zero-order chi connectivity index (χ0) is 27.1. The van der Waals surface area contributed by atoms with Crippen molar-refractivity contribution in [3.05, 3.63) is 63.1 Å². The molecule has 198 valence electrons. The highest BCUT2D eigenvalue weighted by molar-refractivity contribution is 7.89. The van der Waals surface area contributed by atoms with E-state index in [1.54, 1.807) is 24.3 Å². The lowest BCUT2D eigenvalue weighted by atomic mass is 9.91. The molecule has 0 radical (unpaired) electrons. The van der Waals surface area contributed by atoms with Crippen LogP contribution in [0.3, 0.4) is 0 Å². The second-order valence-electron chi connectivity index (χ2n) is 8.68. The fourth-order valence-corrected chi connectivity index (χ4v) is 7.43. The number of halogens is 3. The van der Waals surface area contributed by atoms with Gasteiger partial charge in [-0.2, -0.15) is 4.31 Å². The Kier molecular flexibility index (Phi) is 7.76. The Balaban J connectivity index is 1.90. The van der Waals surface area contributed by atoms with E-state index in [-0.39, 0.29) is 40.9 Å². The molecule has 2 heterocycles. The summed E-state index contributed by atoms with van der Waals surface area (Å²) < 4.78 is 28.7. The lowest BCUT2D eigenvalue weighted by Crippen LogP contribution is -2.82. The van der Waals surface area contributed by atoms with Crippen molar-refractivity contribution in [1.29, 1.82) is 0 Å². The summed E-state index contributed by atoms with van der Waals surface area (Å²) >= 11 is 18.1. The number of rotatable bonds is 7. The van der Waals surface area contributed by atoms with Crippen LogP contribution in [-0.4, -0.2) is 83.3 Å². The van der Waals surface area contributed by atoms with Gasteiger partial charge in [-0.05, 0) is 35.9 Å². The maximum absolute atomic E-state index is 13.9. The monoisotopic (exact) mass is 588 g/mol. The third-order valence-electron chi connectivity index (χ3n) is 6.50. The fraction of sp³-hybridized carbons (Fsp3) is 0.348. The van der Waals surface area contributed by atoms with E-state index in [1.165, 1.54) is 18.2 Å². The minimum absolute atomic E-state index is 0.0473. The number of nitrogens with two attached hydrogens (primary N) is 1. The molecule has 4 rings (SSSR count). The summed E-state index contributed by atoms with van der Waals surface area (Å²) in [5.41, 5.74) is 4.22. The Hall–Kier alpha value is -2.41. The molecule has 0 spiro atoms. The fourth-order valence-electron chi connectivity index (χ4n) is 4.85. The molecule has 2 fully saturated rings. The molecule has 10 nitrogen and oxygen atoms in total. The van der Waals surface area contributed by atoms with Gasteiger partial charge in [0.05, 0.1) is 18.2 Å². The van der Waals surface area contributed by atoms with Gasteiger partial charge in [0.1, 0.15) is 10.9 Å². The molecule has 2 aromatic carbocycles. The van der Waals surface area contributed by atoms with Crippen LogP contribution >= 0.6 is 34.8 Å². The summed E-state index contributed by atoms with van der Waals surface area (Å²) in [6, 6.07) is 9.01. The van der Waals surface area contributed by atoms with E-state index in [4.69, 9.17) is 40.5 Å². The van der Waals surface area contributed by atoms with Crippen LogP contribution in [0.1, 0.15) is 12.0 Å². The number of benzene rings is 2. The SMILES string of the molecule is NC(=O)C12CN(CCO)C(=O)C(Cc3ccc(Cl)cc3)N1C(=O)CCN2S(=O)(=O)c1ccc(Cl)cc1Cl. The molecule has 14 heteroatoms. The van der Waals surface area contributed by atoms with Gasteiger partial charge in [0.25, 0.3) is 5.91 Å². The normalized spacial score (nSPS) is 22.8. The van der Waals surface area contributed by atoms with Gasteiger partial charge in [-0.3, -0.25) is 14.4 Å². The maximum Gasteiger partial charge on any atom is 0.261 e. The third kappa shape index (κ3) is 4.80. The molecule has 3 amide bonds. The van der Waals surface area contributed by atoms with Crippen molar-refractivity contribution < 1.29 is 27.9 Å². The molecule has 0 saturated carbocycles. The molecule has 3 N–H and O–H groups in total. The topological polar surface area (TPSA) is 141 Å². The predicted octanol–water partition coefficient (Wildman–Crippen LogP) is 1.50. The van der Waals surface area contributed by atoms with E-state index in [9.17, 15) is 27.9 Å². The number of primary amides is 1. The molecule has 2 aromatic rings. The number of hydrogen-bond acceptors (Lipinski definition) is 6. The number of sulfonamides is 1. The first-order chi connectivity index (χ1) is 17.4. The molecule has 2 saturated heterocycles. The standard InChI is InChI=1S/C23H23Cl3N4O6S/c24-15-3-1-14(2-4-15)11-18-21(33)28(9-10-31)13-23(22(27)34)29(8-7-20(32)30(18)23)37(35,36)19-6-5-16(25)12-17(19)26/h1-6,12,18,31H,7-11,13H2,(H2,27,34). The number of nitrogens with zero attached hydrogens (tertiary/aromatic N) is 3. The molecule has 0 aromatic heterocycles. The van der Waals surface area contributed by atoms with Crippen molar-refractivity contribution in [2.24, 2.45) is 5.73 Å². The van der Waals surface area contributed by atoms with Crippen molar-refractivity contribution in [2.75, 3.05) is 26.2 Å². The second kappa shape index (κ2) is 10.4. The van der Waals surface area contributed by atoms with E-state index in [2.05, 4.69) is 0 Å². The summed E-state index contributed by atoms with van der Waals surface area (Å²) in [7, 11) is -4.53. The first-order valence-corrected chi connectivity index (χ1v) is 13.7. The minimum atomic E-state index is -4.53. The van der Waals surface area contributed by atoms with Crippen LogP contribution in [0.15, 0.2) is 47.4 Å². The third-order valence-corrected chi connectivity index (χ3v) is 9.39. The number of hydrogen-bond donors (Lipinski definition) is 2. The zero-order valence-corrected chi connectivity index (χ0v) is 22.4. The van der Waals surface area contributed by atoms with Crippen molar-refractivity contribution >= 4 is 62.5 Å². The number of β-amino-alcohol motifs (C(OH)–C–C–N with tert-alkyl or cyclic N) is 1. The second-order valence-corrected chi connectivity index (χ2v) is 11.8. The van der Waals surface area contributed by atoms with E-state index in [0.29, 0.717) is 10.6 Å². The Morgan fingerprint density at radius 3 is 2.32 bits per heavy atom. The molecule has 0 aliphatic carbocycles. The number of amides is 3. The summed E-state index contributed by atoms with van der Waals surface area (Å²) in [6.45, 7) is -1.61. The van der Waals surface area contributed by atoms with Crippen LogP contribution in [0.25, 0.3) is 0 Å². The van der Waals surface area contributed by atoms with Crippen LogP contribution in [0.5, 0.6) is 0 Å². The highest BCUT2D eigenvalue weighted by Gasteiger charge is 2.64. The highest BCUT2D eigenvalue weighted by Crippen LogP contribution is 2.40. The Morgan fingerprint density at radius 2 is 1.73 bits per heavy atom. The van der Waals surface area contributed by atoms with Crippen molar-refractivity contribution in [2.45, 2.75) is 29.4 Å². The lowest BCUT2D eigenvalue weighted by Gasteiger charge is -2.57. The van der Waals surface area contributed by atoms with Crippen LogP contribution in [0.4, 0.5) is 0 Å². The summed E-state index contributed by atoms with van der Waals surface area (Å²) in [6.07, 6.45) is -0.349. The van der Waals surface area contributed by atoms with Gasteiger partial charge in [-0.25, -0.2) is 8.42 Å². The van der Waals surface area contributed by atoms with Crippen LogP contribution < -0.4 is 5.73 Å². The smallest absolute Gasteiger partial charge is 0.261 e. The van der Waals surface area contributed by atoms with Gasteiger partial charge < -0.3 is 20.6 Å². The van der Waals surface area contributed by atoms with Gasteiger partial charge in [0, 0.05) is 36.0 Å². The highest BCUT2D eigenvalue weighted by atomic mass is 35.5. The van der Waals surface area contributed by atoms with Crippen LogP contribution in [0.2, 0.25) is 15.1 Å². The van der Waals surface area contributed by atoms with Gasteiger partial charge in [-0.15, -0.1) is 0 Å². The first kappa shape index (κ1) is 27.6. The van der Waals surface area contributed by atoms with Gasteiger partial charge in [-0.1, -0.05) is 46.9 Å². The number of piperazine rings is 1. The molecule has 0 bridgehead atoms. The van der Waals surface area contributed by atoms with Crippen LogP contribution in [-0.2, 0) is 30.8 Å². The van der Waals surface area contributed by atoms with Gasteiger partial charge >= 0.3 is 0 Å². The van der Waals surface area contributed by atoms with Gasteiger partial charge in [0.15, 0.2) is 0 Å². The average Bonchev–Trinajstić information content (AvgIpc) is 2.82. The molecule has 37 heavy (non-hydrogen) atoms. The number of aliphatic hydroxyl groups excluding tert-OH is 1. The number of aliphatic hydroxyl groups is 1.